The Labute approximate surface area is 80.3 Å². The fourth-order valence-corrected chi connectivity index (χ4v) is 1.88. The van der Waals surface area contributed by atoms with Crippen LogP contribution < -0.4 is 5.73 Å². The van der Waals surface area contributed by atoms with Crippen molar-refractivity contribution in [2.24, 2.45) is 11.7 Å². The molecule has 0 spiro atoms. The van der Waals surface area contributed by atoms with Crippen LogP contribution in [0.1, 0.15) is 18.9 Å². The number of nitrogens with zero attached hydrogens (tertiary/aromatic N) is 1. The second-order valence-corrected chi connectivity index (χ2v) is 4.45. The maximum atomic E-state index is 6.12. The minimum Gasteiger partial charge on any atom is -0.321 e. The van der Waals surface area contributed by atoms with Crippen molar-refractivity contribution >= 4 is 15.9 Å². The Morgan fingerprint density at radius 1 is 1.67 bits per heavy atom. The van der Waals surface area contributed by atoms with Crippen molar-refractivity contribution in [3.05, 3.63) is 28.5 Å². The molecule has 2 nitrogen and oxygen atoms in total. The van der Waals surface area contributed by atoms with Gasteiger partial charge in [-0.2, -0.15) is 0 Å². The molecule has 12 heavy (non-hydrogen) atoms. The van der Waals surface area contributed by atoms with Gasteiger partial charge in [-0.3, -0.25) is 4.98 Å². The van der Waals surface area contributed by atoms with Crippen LogP contribution >= 0.6 is 15.9 Å². The zero-order chi connectivity index (χ0) is 8.77. The van der Waals surface area contributed by atoms with Gasteiger partial charge in [0.1, 0.15) is 0 Å². The van der Waals surface area contributed by atoms with Crippen LogP contribution in [0, 0.1) is 5.92 Å². The van der Waals surface area contributed by atoms with Gasteiger partial charge in [0.2, 0.25) is 0 Å². The average molecular weight is 227 g/mol. The maximum absolute atomic E-state index is 6.12. The van der Waals surface area contributed by atoms with Crippen molar-refractivity contribution < 1.29 is 0 Å². The van der Waals surface area contributed by atoms with Gasteiger partial charge in [0.15, 0.2) is 0 Å². The molecular weight excluding hydrogens is 216 g/mol. The van der Waals surface area contributed by atoms with E-state index in [1.54, 1.807) is 6.20 Å². The molecule has 2 N–H and O–H groups in total. The van der Waals surface area contributed by atoms with Crippen molar-refractivity contribution in [1.82, 2.24) is 4.98 Å². The topological polar surface area (TPSA) is 38.9 Å². The molecule has 1 heterocycles. The molecule has 0 saturated heterocycles. The standard InChI is InChI=1S/C9H11BrN2/c1-6-3-9(6,11)7-2-8(10)5-12-4-7/h2,4-6H,3,11H2,1H3. The smallest absolute Gasteiger partial charge is 0.0455 e. The Hall–Kier alpha value is -0.410. The highest BCUT2D eigenvalue weighted by molar-refractivity contribution is 9.10. The van der Waals surface area contributed by atoms with E-state index in [1.807, 2.05) is 6.20 Å². The van der Waals surface area contributed by atoms with Crippen molar-refractivity contribution in [3.63, 3.8) is 0 Å². The molecule has 1 aromatic rings. The molecule has 2 atom stereocenters. The first-order chi connectivity index (χ1) is 5.63. The number of pyridine rings is 1. The number of hydrogen-bond donors (Lipinski definition) is 1. The summed E-state index contributed by atoms with van der Waals surface area (Å²) in [5.74, 6) is 0.591. The summed E-state index contributed by atoms with van der Waals surface area (Å²) in [6.07, 6.45) is 4.71. The highest BCUT2D eigenvalue weighted by Crippen LogP contribution is 2.49. The molecule has 0 aliphatic heterocycles. The molecule has 2 rings (SSSR count). The zero-order valence-electron chi connectivity index (χ0n) is 6.92. The van der Waals surface area contributed by atoms with Gasteiger partial charge in [0, 0.05) is 22.4 Å². The summed E-state index contributed by atoms with van der Waals surface area (Å²) in [4.78, 5) is 4.10. The van der Waals surface area contributed by atoms with E-state index in [9.17, 15) is 0 Å². The molecule has 64 valence electrons. The molecule has 0 amide bonds. The first-order valence-corrected chi connectivity index (χ1v) is 4.82. The van der Waals surface area contributed by atoms with Gasteiger partial charge >= 0.3 is 0 Å². The van der Waals surface area contributed by atoms with Gasteiger partial charge in [0.25, 0.3) is 0 Å². The van der Waals surface area contributed by atoms with E-state index in [0.717, 1.165) is 16.5 Å². The first-order valence-electron chi connectivity index (χ1n) is 4.03. The van der Waals surface area contributed by atoms with Crippen molar-refractivity contribution in [2.45, 2.75) is 18.9 Å². The van der Waals surface area contributed by atoms with E-state index in [2.05, 4.69) is 33.9 Å². The van der Waals surface area contributed by atoms with Gasteiger partial charge in [0.05, 0.1) is 0 Å². The lowest BCUT2D eigenvalue weighted by atomic mass is 10.1. The van der Waals surface area contributed by atoms with Crippen LogP contribution in [-0.2, 0) is 5.54 Å². The van der Waals surface area contributed by atoms with Crippen molar-refractivity contribution in [3.8, 4) is 0 Å². The van der Waals surface area contributed by atoms with Crippen LogP contribution in [0.5, 0.6) is 0 Å². The molecule has 2 unspecified atom stereocenters. The molecule has 1 aliphatic rings. The molecule has 1 saturated carbocycles. The Bertz CT molecular complexity index is 313. The predicted molar refractivity (Wildman–Crippen MR) is 51.6 cm³/mol. The van der Waals surface area contributed by atoms with Crippen LogP contribution in [-0.4, -0.2) is 4.98 Å². The summed E-state index contributed by atoms with van der Waals surface area (Å²) >= 11 is 3.38. The minimum atomic E-state index is -0.100. The SMILES string of the molecule is CC1CC1(N)c1cncc(Br)c1. The monoisotopic (exact) mass is 226 g/mol. The third-order valence-corrected chi connectivity index (χ3v) is 3.04. The van der Waals surface area contributed by atoms with E-state index >= 15 is 0 Å². The molecule has 1 aromatic heterocycles. The van der Waals surface area contributed by atoms with Crippen molar-refractivity contribution in [1.29, 1.82) is 0 Å². The second-order valence-electron chi connectivity index (χ2n) is 3.54. The Kier molecular flexibility index (Phi) is 1.73. The van der Waals surface area contributed by atoms with Crippen LogP contribution in [0.2, 0.25) is 0 Å². The number of halogens is 1. The highest BCUT2D eigenvalue weighted by atomic mass is 79.9. The molecule has 0 aromatic carbocycles. The lowest BCUT2D eigenvalue weighted by Gasteiger charge is -2.09. The fourth-order valence-electron chi connectivity index (χ4n) is 1.52. The van der Waals surface area contributed by atoms with Gasteiger partial charge < -0.3 is 5.73 Å². The van der Waals surface area contributed by atoms with Crippen molar-refractivity contribution in [2.75, 3.05) is 0 Å². The number of aromatic nitrogens is 1. The molecule has 0 radical (unpaired) electrons. The molecule has 3 heteroatoms. The van der Waals surface area contributed by atoms with E-state index in [1.165, 1.54) is 0 Å². The largest absolute Gasteiger partial charge is 0.321 e. The summed E-state index contributed by atoms with van der Waals surface area (Å²) in [7, 11) is 0. The summed E-state index contributed by atoms with van der Waals surface area (Å²) in [6, 6.07) is 2.05. The fraction of sp³-hybridized carbons (Fsp3) is 0.444. The maximum Gasteiger partial charge on any atom is 0.0455 e. The highest BCUT2D eigenvalue weighted by Gasteiger charge is 2.49. The summed E-state index contributed by atoms with van der Waals surface area (Å²) in [5, 5.41) is 0. The Morgan fingerprint density at radius 3 is 2.83 bits per heavy atom. The molecular formula is C9H11BrN2. The zero-order valence-corrected chi connectivity index (χ0v) is 8.51. The van der Waals surface area contributed by atoms with Gasteiger partial charge in [-0.1, -0.05) is 6.92 Å². The summed E-state index contributed by atoms with van der Waals surface area (Å²) in [6.45, 7) is 2.17. The quantitative estimate of drug-likeness (QED) is 0.797. The van der Waals surface area contributed by atoms with E-state index in [4.69, 9.17) is 5.73 Å². The second kappa shape index (κ2) is 2.54. The van der Waals surface area contributed by atoms with Gasteiger partial charge in [-0.05, 0) is 39.9 Å². The first kappa shape index (κ1) is 8.20. The van der Waals surface area contributed by atoms with Crippen LogP contribution in [0.4, 0.5) is 0 Å². The third kappa shape index (κ3) is 1.17. The molecule has 1 fully saturated rings. The normalized spacial score (nSPS) is 33.4. The van der Waals surface area contributed by atoms with Crippen LogP contribution in [0.15, 0.2) is 22.9 Å². The van der Waals surface area contributed by atoms with Gasteiger partial charge in [-0.15, -0.1) is 0 Å². The van der Waals surface area contributed by atoms with E-state index in [0.29, 0.717) is 5.92 Å². The molecule has 0 bridgehead atoms. The Balaban J connectivity index is 2.36. The number of hydrogen-bond acceptors (Lipinski definition) is 2. The average Bonchev–Trinajstić information content (AvgIpc) is 2.61. The number of nitrogens with two attached hydrogens (primary N) is 1. The lowest BCUT2D eigenvalue weighted by molar-refractivity contribution is 0.661. The Morgan fingerprint density at radius 2 is 2.33 bits per heavy atom. The third-order valence-electron chi connectivity index (χ3n) is 2.61. The number of rotatable bonds is 1. The predicted octanol–water partition coefficient (Wildman–Crippen LogP) is 2.04. The minimum absolute atomic E-state index is 0.100. The summed E-state index contributed by atoms with van der Waals surface area (Å²) in [5.41, 5.74) is 7.16. The lowest BCUT2D eigenvalue weighted by Crippen LogP contribution is -2.21. The summed E-state index contributed by atoms with van der Waals surface area (Å²) < 4.78 is 1.00. The van der Waals surface area contributed by atoms with E-state index in [-0.39, 0.29) is 5.54 Å². The molecule has 1 aliphatic carbocycles. The van der Waals surface area contributed by atoms with Crippen LogP contribution in [0.25, 0.3) is 0 Å². The van der Waals surface area contributed by atoms with Crippen LogP contribution in [0.3, 0.4) is 0 Å². The van der Waals surface area contributed by atoms with Gasteiger partial charge in [-0.25, -0.2) is 0 Å². The van der Waals surface area contributed by atoms with E-state index < -0.39 is 0 Å².